The Hall–Kier alpha value is -1.55. The third-order valence-corrected chi connectivity index (χ3v) is 2.54. The lowest BCUT2D eigenvalue weighted by molar-refractivity contribution is 0.112. The van der Waals surface area contributed by atoms with Crippen molar-refractivity contribution >= 4 is 17.6 Å². The molecule has 0 bridgehead atoms. The van der Waals surface area contributed by atoms with Gasteiger partial charge < -0.3 is 0 Å². The van der Waals surface area contributed by atoms with Crippen molar-refractivity contribution in [3.63, 3.8) is 0 Å². The first-order valence-corrected chi connectivity index (χ1v) is 4.53. The normalized spacial score (nSPS) is 9.85. The molecule has 3 nitrogen and oxygen atoms in total. The lowest BCUT2D eigenvalue weighted by Gasteiger charge is -1.91. The highest BCUT2D eigenvalue weighted by Gasteiger charge is 2.02. The third kappa shape index (κ3) is 1.62. The van der Waals surface area contributed by atoms with Gasteiger partial charge in [0.1, 0.15) is 5.01 Å². The largest absolute Gasteiger partial charge is 0.297 e. The van der Waals surface area contributed by atoms with Crippen LogP contribution in [-0.2, 0) is 0 Å². The van der Waals surface area contributed by atoms with Crippen molar-refractivity contribution in [3.05, 3.63) is 35.6 Å². The molecule has 0 spiro atoms. The molecule has 0 radical (unpaired) electrons. The predicted molar refractivity (Wildman–Crippen MR) is 50.7 cm³/mol. The van der Waals surface area contributed by atoms with Crippen LogP contribution in [0.2, 0.25) is 0 Å². The second-order valence-electron chi connectivity index (χ2n) is 2.42. The van der Waals surface area contributed by atoms with E-state index in [2.05, 4.69) is 9.97 Å². The fraction of sp³-hybridized carbons (Fsp3) is 0. The van der Waals surface area contributed by atoms with Crippen molar-refractivity contribution in [1.29, 1.82) is 0 Å². The highest BCUT2D eigenvalue weighted by Crippen LogP contribution is 2.22. The molecule has 0 N–H and O–H groups in total. The molecule has 2 heterocycles. The van der Waals surface area contributed by atoms with E-state index in [9.17, 15) is 4.79 Å². The summed E-state index contributed by atoms with van der Waals surface area (Å²) in [6.45, 7) is 0. The molecule has 0 amide bonds. The van der Waals surface area contributed by atoms with Crippen molar-refractivity contribution in [2.45, 2.75) is 0 Å². The first kappa shape index (κ1) is 8.07. The Balaban J connectivity index is 2.41. The van der Waals surface area contributed by atoms with Crippen LogP contribution in [0.4, 0.5) is 0 Å². The third-order valence-electron chi connectivity index (χ3n) is 1.57. The Morgan fingerprint density at radius 3 is 2.69 bits per heavy atom. The van der Waals surface area contributed by atoms with Gasteiger partial charge in [0, 0.05) is 24.2 Å². The molecule has 0 atom stereocenters. The summed E-state index contributed by atoms with van der Waals surface area (Å²) in [4.78, 5) is 19.1. The minimum absolute atomic E-state index is 0.645. The number of carbonyl (C=O) groups is 1. The zero-order valence-corrected chi connectivity index (χ0v) is 7.49. The van der Waals surface area contributed by atoms with Gasteiger partial charge in [-0.05, 0) is 12.1 Å². The zero-order chi connectivity index (χ0) is 9.10. The molecule has 0 aliphatic carbocycles. The average Bonchev–Trinajstić information content (AvgIpc) is 2.67. The van der Waals surface area contributed by atoms with E-state index < -0.39 is 0 Å². The van der Waals surface area contributed by atoms with Crippen LogP contribution in [0.15, 0.2) is 30.7 Å². The number of hydrogen-bond donors (Lipinski definition) is 0. The van der Waals surface area contributed by atoms with E-state index in [4.69, 9.17) is 0 Å². The van der Waals surface area contributed by atoms with E-state index >= 15 is 0 Å². The standard InChI is InChI=1S/C9H6N2OS/c12-6-8-5-11-9(13-8)7-1-3-10-4-2-7/h1-6H. The van der Waals surface area contributed by atoms with Crippen LogP contribution in [0.1, 0.15) is 9.67 Å². The molecule has 2 aromatic heterocycles. The molecular formula is C9H6N2OS. The van der Waals surface area contributed by atoms with Crippen molar-refractivity contribution in [1.82, 2.24) is 9.97 Å². The fourth-order valence-electron chi connectivity index (χ4n) is 0.969. The summed E-state index contributed by atoms with van der Waals surface area (Å²) in [6.07, 6.45) is 5.80. The number of rotatable bonds is 2. The Kier molecular flexibility index (Phi) is 2.14. The molecule has 2 rings (SSSR count). The lowest BCUT2D eigenvalue weighted by atomic mass is 10.3. The van der Waals surface area contributed by atoms with Crippen LogP contribution in [0, 0.1) is 0 Å². The zero-order valence-electron chi connectivity index (χ0n) is 6.68. The van der Waals surface area contributed by atoms with Crippen molar-refractivity contribution in [2.24, 2.45) is 0 Å². The molecule has 0 aliphatic heterocycles. The summed E-state index contributed by atoms with van der Waals surface area (Å²) in [5.41, 5.74) is 0.994. The van der Waals surface area contributed by atoms with E-state index in [1.807, 2.05) is 12.1 Å². The highest BCUT2D eigenvalue weighted by atomic mass is 32.1. The van der Waals surface area contributed by atoms with Crippen LogP contribution < -0.4 is 0 Å². The molecule has 4 heteroatoms. The molecule has 64 valence electrons. The predicted octanol–water partition coefficient (Wildman–Crippen LogP) is 2.02. The second kappa shape index (κ2) is 3.45. The number of carbonyl (C=O) groups excluding carboxylic acids is 1. The molecule has 13 heavy (non-hydrogen) atoms. The number of thiazole rings is 1. The fourth-order valence-corrected chi connectivity index (χ4v) is 1.71. The van der Waals surface area contributed by atoms with Gasteiger partial charge in [0.15, 0.2) is 6.29 Å². The monoisotopic (exact) mass is 190 g/mol. The minimum Gasteiger partial charge on any atom is -0.297 e. The van der Waals surface area contributed by atoms with Gasteiger partial charge in [-0.25, -0.2) is 4.98 Å². The van der Waals surface area contributed by atoms with Crippen LogP contribution >= 0.6 is 11.3 Å². The number of nitrogens with zero attached hydrogens (tertiary/aromatic N) is 2. The van der Waals surface area contributed by atoms with E-state index in [0.717, 1.165) is 16.9 Å². The minimum atomic E-state index is 0.645. The molecule has 0 aliphatic rings. The van der Waals surface area contributed by atoms with Crippen molar-refractivity contribution < 1.29 is 4.79 Å². The summed E-state index contributed by atoms with van der Waals surface area (Å²) in [7, 11) is 0. The molecule has 0 saturated carbocycles. The van der Waals surface area contributed by atoms with Crippen molar-refractivity contribution in [3.8, 4) is 10.6 Å². The molecular weight excluding hydrogens is 184 g/mol. The number of aromatic nitrogens is 2. The molecule has 0 aromatic carbocycles. The van der Waals surface area contributed by atoms with E-state index in [1.165, 1.54) is 11.3 Å². The van der Waals surface area contributed by atoms with Crippen LogP contribution in [0.25, 0.3) is 10.6 Å². The van der Waals surface area contributed by atoms with Gasteiger partial charge in [-0.15, -0.1) is 11.3 Å². The summed E-state index contributed by atoms with van der Waals surface area (Å²) in [6, 6.07) is 3.74. The maximum absolute atomic E-state index is 10.4. The summed E-state index contributed by atoms with van der Waals surface area (Å²) in [5, 5.41) is 0.851. The Morgan fingerprint density at radius 1 is 1.31 bits per heavy atom. The summed E-state index contributed by atoms with van der Waals surface area (Å²) >= 11 is 1.38. The number of hydrogen-bond acceptors (Lipinski definition) is 4. The van der Waals surface area contributed by atoms with Crippen LogP contribution in [0.3, 0.4) is 0 Å². The van der Waals surface area contributed by atoms with E-state index in [1.54, 1.807) is 18.6 Å². The summed E-state index contributed by atoms with van der Waals surface area (Å²) in [5.74, 6) is 0. The van der Waals surface area contributed by atoms with E-state index in [0.29, 0.717) is 4.88 Å². The van der Waals surface area contributed by atoms with Crippen molar-refractivity contribution in [2.75, 3.05) is 0 Å². The Morgan fingerprint density at radius 2 is 2.08 bits per heavy atom. The number of pyridine rings is 1. The van der Waals surface area contributed by atoms with Gasteiger partial charge in [-0.2, -0.15) is 0 Å². The summed E-state index contributed by atoms with van der Waals surface area (Å²) < 4.78 is 0. The Labute approximate surface area is 79.1 Å². The molecule has 0 unspecified atom stereocenters. The quantitative estimate of drug-likeness (QED) is 0.680. The highest BCUT2D eigenvalue weighted by molar-refractivity contribution is 7.16. The molecule has 2 aromatic rings. The first-order chi connectivity index (χ1) is 6.40. The van der Waals surface area contributed by atoms with Gasteiger partial charge in [0.25, 0.3) is 0 Å². The molecule has 0 saturated heterocycles. The van der Waals surface area contributed by atoms with E-state index in [-0.39, 0.29) is 0 Å². The average molecular weight is 190 g/mol. The SMILES string of the molecule is O=Cc1cnc(-c2ccncc2)s1. The second-order valence-corrected chi connectivity index (χ2v) is 3.48. The van der Waals surface area contributed by atoms with Gasteiger partial charge in [0.05, 0.1) is 4.88 Å². The van der Waals surface area contributed by atoms with Crippen LogP contribution in [0.5, 0.6) is 0 Å². The Bertz CT molecular complexity index is 411. The smallest absolute Gasteiger partial charge is 0.161 e. The maximum atomic E-state index is 10.4. The lowest BCUT2D eigenvalue weighted by Crippen LogP contribution is -1.74. The maximum Gasteiger partial charge on any atom is 0.161 e. The van der Waals surface area contributed by atoms with Gasteiger partial charge in [-0.1, -0.05) is 0 Å². The van der Waals surface area contributed by atoms with Crippen LogP contribution in [-0.4, -0.2) is 16.3 Å². The van der Waals surface area contributed by atoms with Gasteiger partial charge in [-0.3, -0.25) is 9.78 Å². The van der Waals surface area contributed by atoms with Gasteiger partial charge in [0.2, 0.25) is 0 Å². The van der Waals surface area contributed by atoms with Gasteiger partial charge >= 0.3 is 0 Å². The first-order valence-electron chi connectivity index (χ1n) is 3.71. The molecule has 0 fully saturated rings. The topological polar surface area (TPSA) is 42.9 Å². The number of aldehydes is 1.